The van der Waals surface area contributed by atoms with Crippen LogP contribution in [0.1, 0.15) is 71.4 Å². The van der Waals surface area contributed by atoms with Gasteiger partial charge in [0.15, 0.2) is 0 Å². The van der Waals surface area contributed by atoms with Crippen LogP contribution in [0, 0.1) is 0 Å². The molecule has 11 unspecified atom stereocenters. The molecule has 6 aromatic rings. The number of carbonyl (C=O) groups excluding carboxylic acids is 1. The maximum absolute atomic E-state index is 13.8. The molecule has 0 aromatic heterocycles. The average Bonchev–Trinajstić information content (AvgIpc) is 3.32. The summed E-state index contributed by atoms with van der Waals surface area (Å²) in [4.78, 5) is 13.8. The number of nitrogens with two attached hydrogens (primary N) is 4. The van der Waals surface area contributed by atoms with Crippen LogP contribution in [0.25, 0.3) is 0 Å². The van der Waals surface area contributed by atoms with Gasteiger partial charge in [-0.15, -0.1) is 0 Å². The molecule has 0 saturated heterocycles. The molecule has 0 saturated carbocycles. The van der Waals surface area contributed by atoms with Gasteiger partial charge in [0, 0.05) is 36.3 Å². The van der Waals surface area contributed by atoms with E-state index in [9.17, 15) is 25.2 Å². The van der Waals surface area contributed by atoms with Crippen LogP contribution < -0.4 is 22.9 Å². The predicted molar refractivity (Wildman–Crippen MR) is 249 cm³/mol. The fraction of sp³-hybridized carbons (Fsp3) is 0.302. The highest BCUT2D eigenvalue weighted by Crippen LogP contribution is 2.51. The zero-order valence-electron chi connectivity index (χ0n) is 36.4. The normalized spacial score (nSPS) is 18.4. The number of amides is 1. The third kappa shape index (κ3) is 9.74. The van der Waals surface area contributed by atoms with Crippen LogP contribution in [-0.4, -0.2) is 70.3 Å². The van der Waals surface area contributed by atoms with E-state index in [1.807, 2.05) is 110 Å². The molecule has 0 heterocycles. The fourth-order valence-electron chi connectivity index (χ4n) is 9.80. The van der Waals surface area contributed by atoms with Gasteiger partial charge in [-0.2, -0.15) is 0 Å². The average molecular weight is 867 g/mol. The van der Waals surface area contributed by atoms with Crippen LogP contribution in [0.4, 0.5) is 0 Å². The molecule has 11 nitrogen and oxygen atoms in total. The topological polar surface area (TPSA) is 221 Å². The van der Waals surface area contributed by atoms with Gasteiger partial charge in [0.05, 0.1) is 29.3 Å². The van der Waals surface area contributed by atoms with Crippen LogP contribution >= 0.6 is 0 Å². The number of hydrogen-bond acceptors (Lipinski definition) is 10. The van der Waals surface area contributed by atoms with Gasteiger partial charge < -0.3 is 52.8 Å². The first-order valence-corrected chi connectivity index (χ1v) is 21.6. The van der Waals surface area contributed by atoms with Crippen LogP contribution in [0.2, 0.25) is 0 Å². The van der Waals surface area contributed by atoms with Crippen molar-refractivity contribution in [3.05, 3.63) is 215 Å². The van der Waals surface area contributed by atoms with Crippen molar-refractivity contribution in [2.45, 2.75) is 85.0 Å². The summed E-state index contributed by atoms with van der Waals surface area (Å²) in [5.41, 5.74) is 26.5. The van der Waals surface area contributed by atoms with Crippen molar-refractivity contribution in [2.24, 2.45) is 22.9 Å². The number of benzene rings is 6. The highest BCUT2D eigenvalue weighted by atomic mass is 16.6. The first-order chi connectivity index (χ1) is 30.8. The summed E-state index contributed by atoms with van der Waals surface area (Å²) < 4.78 is 13.0. The third-order valence-corrected chi connectivity index (χ3v) is 13.1. The second-order valence-corrected chi connectivity index (χ2v) is 16.9. The zero-order chi connectivity index (χ0) is 45.9. The summed E-state index contributed by atoms with van der Waals surface area (Å²) in [5, 5.41) is 48.2. The molecule has 0 fully saturated rings. The molecule has 1 amide bonds. The smallest absolute Gasteiger partial charge is 0.230 e. The lowest BCUT2D eigenvalue weighted by molar-refractivity contribution is -0.168. The Hall–Kier alpha value is -5.57. The molecule has 0 aliphatic carbocycles. The van der Waals surface area contributed by atoms with Crippen molar-refractivity contribution in [1.29, 1.82) is 0 Å². The summed E-state index contributed by atoms with van der Waals surface area (Å²) in [7, 11) is 0. The Balaban J connectivity index is 1.64. The number of aliphatic hydroxyl groups is 4. The molecule has 0 spiro atoms. The van der Waals surface area contributed by atoms with Crippen molar-refractivity contribution in [2.75, 3.05) is 13.6 Å². The zero-order valence-corrected chi connectivity index (χ0v) is 36.4. The summed E-state index contributed by atoms with van der Waals surface area (Å²) in [6.45, 7) is 1.89. The Morgan fingerprint density at radius 1 is 0.578 bits per heavy atom. The first-order valence-electron chi connectivity index (χ1n) is 21.6. The Morgan fingerprint density at radius 3 is 1.38 bits per heavy atom. The molecule has 11 heteroatoms. The summed E-state index contributed by atoms with van der Waals surface area (Å²) in [6, 6.07) is 53.0. The molecule has 6 rings (SSSR count). The molecule has 11 atom stereocenters. The van der Waals surface area contributed by atoms with Crippen molar-refractivity contribution >= 4 is 5.91 Å². The number of rotatable bonds is 22. The summed E-state index contributed by atoms with van der Waals surface area (Å²) in [5.74, 6) is -3.32. The number of carbonyl (C=O) groups is 1. The Labute approximate surface area is 376 Å². The molecule has 0 aliphatic rings. The minimum atomic E-state index is -1.90. The van der Waals surface area contributed by atoms with E-state index < -0.39 is 84.2 Å². The lowest BCUT2D eigenvalue weighted by atomic mass is 9.60. The quantitative estimate of drug-likeness (QED) is 0.0394. The highest BCUT2D eigenvalue weighted by molar-refractivity contribution is 5.87. The SMILES string of the molecule is CC(N)C(c1ccccc1)C(OCO)C(c1ccccc1)C(O)C(c1ccccc1)C(N)C(CC(N)(c1ccccc1)C(O)C(C)(C(N)=O)c1ccccc1)(OCO)c1ccccc1. The molecular weight excluding hydrogens is 805 g/mol. The first kappa shape index (κ1) is 47.9. The fourth-order valence-corrected chi connectivity index (χ4v) is 9.80. The van der Waals surface area contributed by atoms with E-state index in [0.29, 0.717) is 27.8 Å². The van der Waals surface area contributed by atoms with Crippen molar-refractivity contribution in [1.82, 2.24) is 0 Å². The lowest BCUT2D eigenvalue weighted by Gasteiger charge is -2.52. The maximum Gasteiger partial charge on any atom is 0.230 e. The predicted octanol–water partition coefficient (Wildman–Crippen LogP) is 5.62. The lowest BCUT2D eigenvalue weighted by Crippen LogP contribution is -2.65. The van der Waals surface area contributed by atoms with Crippen LogP contribution in [-0.2, 0) is 30.8 Å². The number of primary amides is 1. The van der Waals surface area contributed by atoms with Crippen molar-refractivity contribution < 1.29 is 34.7 Å². The molecule has 0 radical (unpaired) electrons. The van der Waals surface area contributed by atoms with Gasteiger partial charge in [0.1, 0.15) is 19.2 Å². The molecule has 6 aromatic carbocycles. The van der Waals surface area contributed by atoms with Crippen LogP contribution in [0.3, 0.4) is 0 Å². The van der Waals surface area contributed by atoms with E-state index in [1.54, 1.807) is 85.8 Å². The van der Waals surface area contributed by atoms with Gasteiger partial charge >= 0.3 is 0 Å². The molecule has 0 bridgehead atoms. The summed E-state index contributed by atoms with van der Waals surface area (Å²) >= 11 is 0. The Morgan fingerprint density at radius 2 is 0.969 bits per heavy atom. The largest absolute Gasteiger partial charge is 0.392 e. The summed E-state index contributed by atoms with van der Waals surface area (Å²) in [6.07, 6.45) is -4.41. The van der Waals surface area contributed by atoms with Gasteiger partial charge in [-0.05, 0) is 47.2 Å². The minimum absolute atomic E-state index is 0.346. The Kier molecular flexibility index (Phi) is 16.0. The monoisotopic (exact) mass is 866 g/mol. The van der Waals surface area contributed by atoms with E-state index in [4.69, 9.17) is 32.4 Å². The minimum Gasteiger partial charge on any atom is -0.392 e. The van der Waals surface area contributed by atoms with Crippen LogP contribution in [0.15, 0.2) is 182 Å². The van der Waals surface area contributed by atoms with Gasteiger partial charge in [0.2, 0.25) is 5.91 Å². The molecule has 336 valence electrons. The van der Waals surface area contributed by atoms with Crippen molar-refractivity contribution in [3.63, 3.8) is 0 Å². The van der Waals surface area contributed by atoms with Gasteiger partial charge in [-0.25, -0.2) is 0 Å². The number of ether oxygens (including phenoxy) is 2. The van der Waals surface area contributed by atoms with Crippen molar-refractivity contribution in [3.8, 4) is 0 Å². The van der Waals surface area contributed by atoms with Gasteiger partial charge in [-0.1, -0.05) is 182 Å². The molecule has 12 N–H and O–H groups in total. The van der Waals surface area contributed by atoms with Crippen LogP contribution in [0.5, 0.6) is 0 Å². The van der Waals surface area contributed by atoms with E-state index in [-0.39, 0.29) is 6.42 Å². The number of hydrogen-bond donors (Lipinski definition) is 8. The standard InChI is InChI=1S/C53H62N4O7/c1-36(54)43(37-21-9-3-10-22-37)47(63-34-58)44(38-23-11-4-12-24-38)46(60)45(39-25-13-5-14-26-39)48(55)53(64-35-59,42-31-19-8-20-32-42)33-52(57,41-29-17-7-18-30-41)49(61)51(2,50(56)62)40-27-15-6-16-28-40/h3-32,36,43-49,58-61H,33-35,54-55,57H2,1-2H3,(H2,56,62). The van der Waals surface area contributed by atoms with Gasteiger partial charge in [-0.3, -0.25) is 4.79 Å². The molecular formula is C53H62N4O7. The molecule has 64 heavy (non-hydrogen) atoms. The third-order valence-electron chi connectivity index (χ3n) is 13.1. The second kappa shape index (κ2) is 21.4. The highest BCUT2D eigenvalue weighted by Gasteiger charge is 2.58. The Bertz CT molecular complexity index is 2310. The van der Waals surface area contributed by atoms with E-state index >= 15 is 0 Å². The maximum atomic E-state index is 13.8. The second-order valence-electron chi connectivity index (χ2n) is 16.9. The van der Waals surface area contributed by atoms with E-state index in [2.05, 4.69) is 0 Å². The molecule has 0 aliphatic heterocycles. The van der Waals surface area contributed by atoms with E-state index in [0.717, 1.165) is 5.56 Å². The van der Waals surface area contributed by atoms with Gasteiger partial charge in [0.25, 0.3) is 0 Å². The van der Waals surface area contributed by atoms with E-state index in [1.165, 1.54) is 0 Å². The number of aliphatic hydroxyl groups excluding tert-OH is 4.